The average Bonchev–Trinajstić information content (AvgIpc) is 2.34. The summed E-state index contributed by atoms with van der Waals surface area (Å²) in [7, 11) is 0. The Bertz CT molecular complexity index is 428. The number of anilines is 1. The molecule has 1 aromatic carbocycles. The molecule has 1 aromatic rings. The van der Waals surface area contributed by atoms with Crippen LogP contribution in [-0.2, 0) is 0 Å². The first-order valence-electron chi connectivity index (χ1n) is 5.96. The van der Waals surface area contributed by atoms with Crippen LogP contribution >= 0.6 is 0 Å². The van der Waals surface area contributed by atoms with E-state index in [0.29, 0.717) is 36.1 Å². The molecular weight excluding hydrogens is 228 g/mol. The van der Waals surface area contributed by atoms with Crippen molar-refractivity contribution >= 4 is 11.6 Å². The van der Waals surface area contributed by atoms with Crippen LogP contribution in [0, 0.1) is 5.92 Å². The molecule has 1 rings (SSSR count). The minimum Gasteiger partial charge on any atom is -0.489 e. The van der Waals surface area contributed by atoms with Gasteiger partial charge in [0.1, 0.15) is 12.4 Å². The Balaban J connectivity index is 2.86. The minimum absolute atomic E-state index is 0.171. The summed E-state index contributed by atoms with van der Waals surface area (Å²) >= 11 is 0. The van der Waals surface area contributed by atoms with E-state index in [9.17, 15) is 4.79 Å². The number of benzene rings is 1. The van der Waals surface area contributed by atoms with Crippen molar-refractivity contribution in [1.29, 1.82) is 0 Å². The van der Waals surface area contributed by atoms with Gasteiger partial charge in [0.15, 0.2) is 0 Å². The van der Waals surface area contributed by atoms with Gasteiger partial charge < -0.3 is 15.8 Å². The van der Waals surface area contributed by atoms with Crippen LogP contribution in [0.25, 0.3) is 0 Å². The van der Waals surface area contributed by atoms with Crippen LogP contribution in [-0.4, -0.2) is 19.1 Å². The van der Waals surface area contributed by atoms with E-state index < -0.39 is 0 Å². The fourth-order valence-electron chi connectivity index (χ4n) is 1.39. The Kier molecular flexibility index (Phi) is 5.24. The van der Waals surface area contributed by atoms with E-state index in [2.05, 4.69) is 11.9 Å². The number of ether oxygens (including phenoxy) is 1. The molecule has 0 aliphatic heterocycles. The molecule has 0 aliphatic carbocycles. The monoisotopic (exact) mass is 248 g/mol. The summed E-state index contributed by atoms with van der Waals surface area (Å²) in [5.74, 6) is 0.743. The molecule has 3 N–H and O–H groups in total. The van der Waals surface area contributed by atoms with Crippen molar-refractivity contribution in [3.63, 3.8) is 0 Å². The molecule has 0 aliphatic rings. The Labute approximate surface area is 108 Å². The number of hydrogen-bond acceptors (Lipinski definition) is 3. The maximum absolute atomic E-state index is 12.0. The first-order valence-corrected chi connectivity index (χ1v) is 5.96. The molecule has 0 bridgehead atoms. The molecule has 0 radical (unpaired) electrons. The van der Waals surface area contributed by atoms with Crippen LogP contribution < -0.4 is 15.8 Å². The maximum Gasteiger partial charge on any atom is 0.255 e. The highest BCUT2D eigenvalue weighted by molar-refractivity contribution is 5.97. The molecule has 98 valence electrons. The fraction of sp³-hybridized carbons (Fsp3) is 0.357. The van der Waals surface area contributed by atoms with Gasteiger partial charge in [-0.15, -0.1) is 0 Å². The van der Waals surface area contributed by atoms with Gasteiger partial charge in [-0.05, 0) is 24.1 Å². The summed E-state index contributed by atoms with van der Waals surface area (Å²) in [6, 6.07) is 5.02. The summed E-state index contributed by atoms with van der Waals surface area (Å²) in [4.78, 5) is 12.0. The lowest BCUT2D eigenvalue weighted by Gasteiger charge is -2.12. The molecule has 0 atom stereocenters. The molecule has 0 fully saturated rings. The summed E-state index contributed by atoms with van der Waals surface area (Å²) in [5, 5.41) is 2.84. The quantitative estimate of drug-likeness (QED) is 0.599. The van der Waals surface area contributed by atoms with E-state index in [0.717, 1.165) is 0 Å². The van der Waals surface area contributed by atoms with E-state index in [4.69, 9.17) is 10.5 Å². The zero-order valence-electron chi connectivity index (χ0n) is 10.9. The van der Waals surface area contributed by atoms with Crippen LogP contribution in [0.2, 0.25) is 0 Å². The van der Waals surface area contributed by atoms with Gasteiger partial charge in [0, 0.05) is 12.2 Å². The highest BCUT2D eigenvalue weighted by atomic mass is 16.5. The molecule has 0 unspecified atom stereocenters. The Morgan fingerprint density at radius 3 is 2.89 bits per heavy atom. The fourth-order valence-corrected chi connectivity index (χ4v) is 1.39. The lowest BCUT2D eigenvalue weighted by atomic mass is 10.1. The molecule has 4 nitrogen and oxygen atoms in total. The summed E-state index contributed by atoms with van der Waals surface area (Å²) in [5.41, 5.74) is 6.69. The van der Waals surface area contributed by atoms with E-state index >= 15 is 0 Å². The van der Waals surface area contributed by atoms with Gasteiger partial charge in [0.05, 0.1) is 5.56 Å². The average molecular weight is 248 g/mol. The Morgan fingerprint density at radius 2 is 2.28 bits per heavy atom. The van der Waals surface area contributed by atoms with Crippen LogP contribution in [0.15, 0.2) is 30.9 Å². The van der Waals surface area contributed by atoms with Crippen molar-refractivity contribution in [2.75, 3.05) is 18.9 Å². The number of nitrogens with one attached hydrogen (secondary N) is 1. The van der Waals surface area contributed by atoms with Crippen molar-refractivity contribution in [2.24, 2.45) is 5.92 Å². The standard InChI is InChI=1S/C14H20N2O2/c1-4-7-18-13-6-5-11(15)8-12(13)14(17)16-9-10(2)3/h4-6,8,10H,1,7,9,15H2,2-3H3,(H,16,17). The lowest BCUT2D eigenvalue weighted by Crippen LogP contribution is -2.27. The normalized spacial score (nSPS) is 10.2. The zero-order valence-corrected chi connectivity index (χ0v) is 10.9. The van der Waals surface area contributed by atoms with Gasteiger partial charge in [0.2, 0.25) is 0 Å². The smallest absolute Gasteiger partial charge is 0.255 e. The molecule has 18 heavy (non-hydrogen) atoms. The Morgan fingerprint density at radius 1 is 1.56 bits per heavy atom. The Hall–Kier alpha value is -1.97. The van der Waals surface area contributed by atoms with Crippen molar-refractivity contribution in [3.05, 3.63) is 36.4 Å². The van der Waals surface area contributed by atoms with Crippen LogP contribution in [0.4, 0.5) is 5.69 Å². The largest absolute Gasteiger partial charge is 0.489 e. The first-order chi connectivity index (χ1) is 8.54. The first kappa shape index (κ1) is 14.1. The second-order valence-corrected chi connectivity index (χ2v) is 4.46. The zero-order chi connectivity index (χ0) is 13.5. The van der Waals surface area contributed by atoms with Gasteiger partial charge in [-0.3, -0.25) is 4.79 Å². The highest BCUT2D eigenvalue weighted by Crippen LogP contribution is 2.21. The van der Waals surface area contributed by atoms with Gasteiger partial charge in [0.25, 0.3) is 5.91 Å². The van der Waals surface area contributed by atoms with Gasteiger partial charge in [-0.2, -0.15) is 0 Å². The predicted octanol–water partition coefficient (Wildman–Crippen LogP) is 2.22. The van der Waals surface area contributed by atoms with Crippen molar-refractivity contribution in [2.45, 2.75) is 13.8 Å². The van der Waals surface area contributed by atoms with Crippen LogP contribution in [0.5, 0.6) is 5.75 Å². The van der Waals surface area contributed by atoms with Crippen LogP contribution in [0.1, 0.15) is 24.2 Å². The summed E-state index contributed by atoms with van der Waals surface area (Å²) < 4.78 is 5.43. The van der Waals surface area contributed by atoms with Gasteiger partial charge in [-0.1, -0.05) is 26.5 Å². The van der Waals surface area contributed by atoms with Gasteiger partial charge >= 0.3 is 0 Å². The van der Waals surface area contributed by atoms with Crippen molar-refractivity contribution < 1.29 is 9.53 Å². The lowest BCUT2D eigenvalue weighted by molar-refractivity contribution is 0.0945. The molecule has 4 heteroatoms. The summed E-state index contributed by atoms with van der Waals surface area (Å²) in [6.07, 6.45) is 1.63. The van der Waals surface area contributed by atoms with Crippen LogP contribution in [0.3, 0.4) is 0 Å². The van der Waals surface area contributed by atoms with Crippen molar-refractivity contribution in [1.82, 2.24) is 5.32 Å². The third kappa shape index (κ3) is 4.13. The number of carbonyl (C=O) groups excluding carboxylic acids is 1. The SMILES string of the molecule is C=CCOc1ccc(N)cc1C(=O)NCC(C)C. The molecule has 0 heterocycles. The second kappa shape index (κ2) is 6.69. The minimum atomic E-state index is -0.171. The topological polar surface area (TPSA) is 64.3 Å². The summed E-state index contributed by atoms with van der Waals surface area (Å²) in [6.45, 7) is 8.63. The maximum atomic E-state index is 12.0. The van der Waals surface area contributed by atoms with Gasteiger partial charge in [-0.25, -0.2) is 0 Å². The molecule has 1 amide bonds. The van der Waals surface area contributed by atoms with E-state index in [-0.39, 0.29) is 5.91 Å². The van der Waals surface area contributed by atoms with Crippen molar-refractivity contribution in [3.8, 4) is 5.75 Å². The number of rotatable bonds is 6. The molecule has 0 aromatic heterocycles. The van der Waals surface area contributed by atoms with E-state index in [1.165, 1.54) is 0 Å². The predicted molar refractivity (Wildman–Crippen MR) is 73.7 cm³/mol. The number of amides is 1. The third-order valence-electron chi connectivity index (χ3n) is 2.28. The molecule has 0 saturated carbocycles. The molecule has 0 saturated heterocycles. The van der Waals surface area contributed by atoms with E-state index in [1.807, 2.05) is 13.8 Å². The number of nitrogen functional groups attached to an aromatic ring is 1. The second-order valence-electron chi connectivity index (χ2n) is 4.46. The highest BCUT2D eigenvalue weighted by Gasteiger charge is 2.13. The van der Waals surface area contributed by atoms with E-state index in [1.54, 1.807) is 24.3 Å². The number of nitrogens with two attached hydrogens (primary N) is 1. The number of carbonyl (C=O) groups is 1. The molecule has 0 spiro atoms. The molecular formula is C14H20N2O2. The number of hydrogen-bond donors (Lipinski definition) is 2. The third-order valence-corrected chi connectivity index (χ3v) is 2.28.